The molecule has 3 heterocycles. The highest BCUT2D eigenvalue weighted by Crippen LogP contribution is 2.38. The minimum atomic E-state index is -3.72. The van der Waals surface area contributed by atoms with E-state index in [0.29, 0.717) is 36.5 Å². The molecule has 0 saturated carbocycles. The molecule has 1 N–H and O–H groups in total. The van der Waals surface area contributed by atoms with Gasteiger partial charge in [-0.1, -0.05) is 24.4 Å². The molecule has 7 nitrogen and oxygen atoms in total. The van der Waals surface area contributed by atoms with E-state index < -0.39 is 10.0 Å². The van der Waals surface area contributed by atoms with Crippen LogP contribution in [0.5, 0.6) is 0 Å². The molecule has 0 spiro atoms. The average Bonchev–Trinajstić information content (AvgIpc) is 2.86. The van der Waals surface area contributed by atoms with Crippen molar-refractivity contribution in [2.24, 2.45) is 7.05 Å². The van der Waals surface area contributed by atoms with Crippen LogP contribution in [0.25, 0.3) is 0 Å². The van der Waals surface area contributed by atoms with Gasteiger partial charge in [0, 0.05) is 25.7 Å². The smallest absolute Gasteiger partial charge is 0.243 e. The Morgan fingerprint density at radius 1 is 1.21 bits per heavy atom. The minimum Gasteiger partial charge on any atom is -0.326 e. The van der Waals surface area contributed by atoms with Gasteiger partial charge < -0.3 is 5.32 Å². The molecule has 1 unspecified atom stereocenters. The summed E-state index contributed by atoms with van der Waals surface area (Å²) in [5.74, 6) is -0.0402. The number of hydrogen-bond acceptors (Lipinski definition) is 4. The molecule has 0 aliphatic carbocycles. The molecule has 28 heavy (non-hydrogen) atoms. The standard InChI is InChI=1S/C19H23ClN4O3S/c1-23-19(15(20)12-21-23)17-5-3-2-4-10-24(17)28(26,27)14-7-8-16-13(11-14)6-9-18(25)22-16/h7-8,11-12,17H,2-6,9-10H2,1H3,(H,22,25). The van der Waals surface area contributed by atoms with E-state index in [-0.39, 0.29) is 16.8 Å². The number of benzene rings is 1. The largest absolute Gasteiger partial charge is 0.326 e. The van der Waals surface area contributed by atoms with Crippen LogP contribution in [0.15, 0.2) is 29.3 Å². The maximum atomic E-state index is 13.6. The fraction of sp³-hybridized carbons (Fsp3) is 0.474. The molecule has 1 amide bonds. The van der Waals surface area contributed by atoms with Gasteiger partial charge in [0.05, 0.1) is 27.9 Å². The van der Waals surface area contributed by atoms with Crippen molar-refractivity contribution in [2.75, 3.05) is 11.9 Å². The predicted octanol–water partition coefficient (Wildman–Crippen LogP) is 3.26. The third-order valence-corrected chi connectivity index (χ3v) is 7.73. The van der Waals surface area contributed by atoms with Crippen LogP contribution >= 0.6 is 11.6 Å². The zero-order valence-corrected chi connectivity index (χ0v) is 17.3. The van der Waals surface area contributed by atoms with E-state index in [4.69, 9.17) is 11.6 Å². The van der Waals surface area contributed by atoms with Gasteiger partial charge in [0.15, 0.2) is 0 Å². The summed E-state index contributed by atoms with van der Waals surface area (Å²) in [7, 11) is -1.93. The summed E-state index contributed by atoms with van der Waals surface area (Å²) in [6, 6.07) is 4.61. The number of hydrogen-bond donors (Lipinski definition) is 1. The van der Waals surface area contributed by atoms with E-state index in [9.17, 15) is 13.2 Å². The number of carbonyl (C=O) groups excluding carboxylic acids is 1. The fourth-order valence-corrected chi connectivity index (χ4v) is 6.10. The molecule has 4 rings (SSSR count). The van der Waals surface area contributed by atoms with Gasteiger partial charge >= 0.3 is 0 Å². The topological polar surface area (TPSA) is 84.3 Å². The lowest BCUT2D eigenvalue weighted by molar-refractivity contribution is -0.116. The van der Waals surface area contributed by atoms with Crippen molar-refractivity contribution >= 4 is 33.2 Å². The second-order valence-electron chi connectivity index (χ2n) is 7.35. The monoisotopic (exact) mass is 422 g/mol. The number of carbonyl (C=O) groups is 1. The fourth-order valence-electron chi connectivity index (χ4n) is 4.09. The minimum absolute atomic E-state index is 0.0402. The van der Waals surface area contributed by atoms with E-state index in [2.05, 4.69) is 10.4 Å². The number of amides is 1. The average molecular weight is 423 g/mol. The molecular weight excluding hydrogens is 400 g/mol. The first kappa shape index (κ1) is 19.4. The number of aryl methyl sites for hydroxylation is 2. The molecule has 9 heteroatoms. The van der Waals surface area contributed by atoms with Crippen molar-refractivity contribution in [2.45, 2.75) is 49.5 Å². The first-order valence-corrected chi connectivity index (χ1v) is 11.3. The molecule has 2 aliphatic rings. The van der Waals surface area contributed by atoms with Gasteiger partial charge in [-0.2, -0.15) is 9.40 Å². The van der Waals surface area contributed by atoms with Crippen LogP contribution in [-0.4, -0.2) is 35.0 Å². The van der Waals surface area contributed by atoms with Crippen LogP contribution in [0.2, 0.25) is 5.02 Å². The third-order valence-electron chi connectivity index (χ3n) is 5.54. The van der Waals surface area contributed by atoms with Crippen LogP contribution in [0.4, 0.5) is 5.69 Å². The molecule has 1 atom stereocenters. The van der Waals surface area contributed by atoms with E-state index in [1.54, 1.807) is 40.4 Å². The van der Waals surface area contributed by atoms with E-state index in [0.717, 1.165) is 30.5 Å². The van der Waals surface area contributed by atoms with Crippen LogP contribution in [-0.2, 0) is 28.3 Å². The van der Waals surface area contributed by atoms with Crippen LogP contribution < -0.4 is 5.32 Å². The Balaban J connectivity index is 1.75. The molecule has 0 bridgehead atoms. The summed E-state index contributed by atoms with van der Waals surface area (Å²) < 4.78 is 30.4. The second kappa shape index (κ2) is 7.50. The number of halogens is 1. The van der Waals surface area contributed by atoms with Gasteiger partial charge in [0.25, 0.3) is 0 Å². The van der Waals surface area contributed by atoms with Crippen molar-refractivity contribution in [1.29, 1.82) is 0 Å². The molecule has 2 aliphatic heterocycles. The van der Waals surface area contributed by atoms with Crippen molar-refractivity contribution in [3.63, 3.8) is 0 Å². The molecule has 1 saturated heterocycles. The molecule has 1 aromatic carbocycles. The quantitative estimate of drug-likeness (QED) is 0.822. The third kappa shape index (κ3) is 3.44. The number of nitrogens with zero attached hydrogens (tertiary/aromatic N) is 3. The molecule has 2 aromatic rings. The lowest BCUT2D eigenvalue weighted by Gasteiger charge is -2.30. The van der Waals surface area contributed by atoms with Gasteiger partial charge in [-0.05, 0) is 43.0 Å². The van der Waals surface area contributed by atoms with Crippen molar-refractivity contribution < 1.29 is 13.2 Å². The first-order valence-electron chi connectivity index (χ1n) is 9.50. The number of anilines is 1. The maximum absolute atomic E-state index is 13.6. The Bertz CT molecular complexity index is 999. The normalized spacial score (nSPS) is 21.1. The first-order chi connectivity index (χ1) is 13.4. The van der Waals surface area contributed by atoms with Gasteiger partial charge in [-0.15, -0.1) is 0 Å². The molecule has 150 valence electrons. The Morgan fingerprint density at radius 3 is 2.79 bits per heavy atom. The Kier molecular flexibility index (Phi) is 5.20. The summed E-state index contributed by atoms with van der Waals surface area (Å²) in [5, 5.41) is 7.49. The molecule has 1 aromatic heterocycles. The summed E-state index contributed by atoms with van der Waals surface area (Å²) in [6.07, 6.45) is 5.91. The number of aromatic nitrogens is 2. The predicted molar refractivity (Wildman–Crippen MR) is 107 cm³/mol. The SMILES string of the molecule is Cn1ncc(Cl)c1C1CCCCCN1S(=O)(=O)c1ccc2c(c1)CCC(=O)N2. The van der Waals surface area contributed by atoms with E-state index >= 15 is 0 Å². The van der Waals surface area contributed by atoms with Crippen molar-refractivity contribution in [1.82, 2.24) is 14.1 Å². The summed E-state index contributed by atoms with van der Waals surface area (Å²) in [6.45, 7) is 0.447. The number of sulfonamides is 1. The zero-order valence-electron chi connectivity index (χ0n) is 15.7. The second-order valence-corrected chi connectivity index (χ2v) is 9.65. The van der Waals surface area contributed by atoms with Gasteiger partial charge in [-0.25, -0.2) is 8.42 Å². The zero-order chi connectivity index (χ0) is 19.9. The highest BCUT2D eigenvalue weighted by Gasteiger charge is 2.36. The molecule has 1 fully saturated rings. The van der Waals surface area contributed by atoms with Gasteiger partial charge in [0.2, 0.25) is 15.9 Å². The number of fused-ring (bicyclic) bond motifs is 1. The Labute approximate surface area is 169 Å². The molecular formula is C19H23ClN4O3S. The lowest BCUT2D eigenvalue weighted by Crippen LogP contribution is -2.36. The van der Waals surface area contributed by atoms with E-state index in [1.807, 2.05) is 0 Å². The van der Waals surface area contributed by atoms with Crippen LogP contribution in [0.1, 0.15) is 49.4 Å². The van der Waals surface area contributed by atoms with Crippen LogP contribution in [0, 0.1) is 0 Å². The van der Waals surface area contributed by atoms with Gasteiger partial charge in [-0.3, -0.25) is 9.48 Å². The number of nitrogens with one attached hydrogen (secondary N) is 1. The summed E-state index contributed by atoms with van der Waals surface area (Å²) in [4.78, 5) is 11.8. The van der Waals surface area contributed by atoms with Crippen LogP contribution in [0.3, 0.4) is 0 Å². The lowest BCUT2D eigenvalue weighted by atomic mass is 10.0. The van der Waals surface area contributed by atoms with E-state index in [1.165, 1.54) is 0 Å². The maximum Gasteiger partial charge on any atom is 0.243 e. The Hall–Kier alpha value is -1.90. The summed E-state index contributed by atoms with van der Waals surface area (Å²) in [5.41, 5.74) is 2.28. The van der Waals surface area contributed by atoms with Crippen molar-refractivity contribution in [3.8, 4) is 0 Å². The van der Waals surface area contributed by atoms with Gasteiger partial charge in [0.1, 0.15) is 0 Å². The summed E-state index contributed by atoms with van der Waals surface area (Å²) >= 11 is 6.36. The highest BCUT2D eigenvalue weighted by atomic mass is 35.5. The van der Waals surface area contributed by atoms with Crippen molar-refractivity contribution in [3.05, 3.63) is 40.7 Å². The highest BCUT2D eigenvalue weighted by molar-refractivity contribution is 7.89. The Morgan fingerprint density at radius 2 is 2.04 bits per heavy atom. The molecule has 0 radical (unpaired) electrons. The number of rotatable bonds is 3.